The van der Waals surface area contributed by atoms with E-state index in [9.17, 15) is 0 Å². The van der Waals surface area contributed by atoms with Crippen molar-refractivity contribution in [3.05, 3.63) is 46.1 Å². The van der Waals surface area contributed by atoms with Gasteiger partial charge in [-0.2, -0.15) is 0 Å². The first kappa shape index (κ1) is 9.43. The van der Waals surface area contributed by atoms with Gasteiger partial charge in [0.05, 0.1) is 0 Å². The van der Waals surface area contributed by atoms with Crippen LogP contribution in [0, 0.1) is 0 Å². The molecule has 1 aliphatic rings. The molecule has 0 aliphatic heterocycles. The minimum Gasteiger partial charge on any atom is -0.136 e. The zero-order valence-corrected chi connectivity index (χ0v) is 10.3. The molecule has 4 rings (SSSR count). The van der Waals surface area contributed by atoms with E-state index in [1.54, 1.807) is 0 Å². The topological polar surface area (TPSA) is 0 Å². The molecule has 0 spiro atoms. The number of fused-ring (bicyclic) bond motifs is 4. The van der Waals surface area contributed by atoms with Crippen LogP contribution in [-0.4, -0.2) is 0 Å². The number of thiophene rings is 1. The van der Waals surface area contributed by atoms with Crippen LogP contribution in [0.2, 0.25) is 0 Å². The molecule has 0 unspecified atom stereocenters. The molecular formula is C16H12S. The molecule has 2 aromatic carbocycles. The lowest BCUT2D eigenvalue weighted by atomic mass is 10.1. The van der Waals surface area contributed by atoms with E-state index in [4.69, 9.17) is 0 Å². The van der Waals surface area contributed by atoms with E-state index >= 15 is 0 Å². The van der Waals surface area contributed by atoms with E-state index in [0.717, 1.165) is 0 Å². The molecule has 1 aromatic heterocycles. The van der Waals surface area contributed by atoms with Crippen LogP contribution in [0.5, 0.6) is 0 Å². The summed E-state index contributed by atoms with van der Waals surface area (Å²) in [6.45, 7) is 0. The van der Waals surface area contributed by atoms with Crippen molar-refractivity contribution in [2.75, 3.05) is 0 Å². The fraction of sp³-hybridized carbons (Fsp3) is 0.125. The summed E-state index contributed by atoms with van der Waals surface area (Å²) >= 11 is 1.93. The third-order valence-electron chi connectivity index (χ3n) is 3.47. The predicted octanol–water partition coefficient (Wildman–Crippen LogP) is 3.41. The molecule has 3 aromatic rings. The molecule has 17 heavy (non-hydrogen) atoms. The summed E-state index contributed by atoms with van der Waals surface area (Å²) in [6, 6.07) is 13.3. The number of hydrogen-bond acceptors (Lipinski definition) is 1. The zero-order chi connectivity index (χ0) is 11.2. The molecule has 0 radical (unpaired) electrons. The van der Waals surface area contributed by atoms with Gasteiger partial charge in [-0.1, -0.05) is 36.4 Å². The molecule has 82 valence electrons. The summed E-state index contributed by atoms with van der Waals surface area (Å²) in [4.78, 5) is 0. The molecule has 0 N–H and O–H groups in total. The highest BCUT2D eigenvalue weighted by Gasteiger charge is 2.05. The van der Waals surface area contributed by atoms with Crippen molar-refractivity contribution in [2.24, 2.45) is 0 Å². The van der Waals surface area contributed by atoms with Gasteiger partial charge in [0.15, 0.2) is 0 Å². The molecular weight excluding hydrogens is 224 g/mol. The van der Waals surface area contributed by atoms with Gasteiger partial charge in [-0.15, -0.1) is 11.3 Å². The summed E-state index contributed by atoms with van der Waals surface area (Å²) in [6.07, 6.45) is 7.15. The Balaban J connectivity index is 2.28. The second-order valence-corrected chi connectivity index (χ2v) is 5.64. The minimum atomic E-state index is 1.19. The zero-order valence-electron chi connectivity index (χ0n) is 9.44. The Morgan fingerprint density at radius 1 is 0.882 bits per heavy atom. The van der Waals surface area contributed by atoms with Crippen LogP contribution >= 0.6 is 11.3 Å². The molecule has 0 fully saturated rings. The lowest BCUT2D eigenvalue weighted by molar-refractivity contribution is 1.13. The van der Waals surface area contributed by atoms with E-state index in [-0.39, 0.29) is 0 Å². The average Bonchev–Trinajstić information content (AvgIpc) is 2.73. The summed E-state index contributed by atoms with van der Waals surface area (Å²) in [7, 11) is 0. The van der Waals surface area contributed by atoms with Gasteiger partial charge >= 0.3 is 0 Å². The summed E-state index contributed by atoms with van der Waals surface area (Å²) < 4.78 is 2.88. The highest BCUT2D eigenvalue weighted by atomic mass is 32.1. The van der Waals surface area contributed by atoms with E-state index < -0.39 is 0 Å². The fourth-order valence-corrected chi connectivity index (χ4v) is 3.83. The smallest absolute Gasteiger partial charge is 0.0361 e. The fourth-order valence-electron chi connectivity index (χ4n) is 2.62. The summed E-state index contributed by atoms with van der Waals surface area (Å²) in [5.74, 6) is 0. The van der Waals surface area contributed by atoms with Gasteiger partial charge in [0.25, 0.3) is 0 Å². The van der Waals surface area contributed by atoms with Gasteiger partial charge in [0, 0.05) is 14.6 Å². The van der Waals surface area contributed by atoms with Crippen molar-refractivity contribution in [1.82, 2.24) is 0 Å². The molecule has 0 bridgehead atoms. The van der Waals surface area contributed by atoms with E-state index in [1.165, 1.54) is 43.5 Å². The van der Waals surface area contributed by atoms with Gasteiger partial charge in [-0.25, -0.2) is 0 Å². The Morgan fingerprint density at radius 2 is 1.65 bits per heavy atom. The normalized spacial score (nSPS) is 14.4. The van der Waals surface area contributed by atoms with Crippen LogP contribution in [-0.2, 0) is 0 Å². The van der Waals surface area contributed by atoms with Crippen LogP contribution in [0.3, 0.4) is 0 Å². The Kier molecular flexibility index (Phi) is 1.91. The first-order chi connectivity index (χ1) is 8.42. The Morgan fingerprint density at radius 3 is 2.53 bits per heavy atom. The van der Waals surface area contributed by atoms with Gasteiger partial charge in [-0.05, 0) is 41.0 Å². The first-order valence-corrected chi connectivity index (χ1v) is 6.85. The number of hydrogen-bond donors (Lipinski definition) is 0. The third-order valence-corrected chi connectivity index (χ3v) is 4.63. The summed E-state index contributed by atoms with van der Waals surface area (Å²) in [5.41, 5.74) is 0. The lowest BCUT2D eigenvalue weighted by Gasteiger charge is -1.98. The van der Waals surface area contributed by atoms with Crippen LogP contribution in [0.1, 0.15) is 12.8 Å². The van der Waals surface area contributed by atoms with Crippen molar-refractivity contribution in [1.29, 1.82) is 0 Å². The van der Waals surface area contributed by atoms with Crippen molar-refractivity contribution >= 4 is 44.3 Å². The largest absolute Gasteiger partial charge is 0.136 e. The standard InChI is InChI=1S/C16H12S/c1-2-6-12-10-16-14(9-11(12)5-1)13-7-3-4-8-15(13)17-16/h1-2,5-10H,3-4H2. The van der Waals surface area contributed by atoms with Crippen LogP contribution in [0.25, 0.3) is 33.0 Å². The molecule has 0 saturated carbocycles. The van der Waals surface area contributed by atoms with Gasteiger partial charge in [0.1, 0.15) is 0 Å². The molecule has 0 atom stereocenters. The maximum atomic E-state index is 2.39. The van der Waals surface area contributed by atoms with Crippen molar-refractivity contribution in [3.63, 3.8) is 0 Å². The maximum Gasteiger partial charge on any atom is 0.0361 e. The maximum absolute atomic E-state index is 2.39. The number of benzene rings is 2. The third kappa shape index (κ3) is 1.36. The molecule has 0 nitrogen and oxygen atoms in total. The SMILES string of the molecule is C1=c2sc3cc4ccccc4cc3c2=CCC1. The van der Waals surface area contributed by atoms with Crippen LogP contribution < -0.4 is 9.75 Å². The monoisotopic (exact) mass is 236 g/mol. The highest BCUT2D eigenvalue weighted by Crippen LogP contribution is 2.23. The van der Waals surface area contributed by atoms with Gasteiger partial charge in [-0.3, -0.25) is 0 Å². The van der Waals surface area contributed by atoms with Gasteiger partial charge < -0.3 is 0 Å². The first-order valence-electron chi connectivity index (χ1n) is 6.03. The summed E-state index contributed by atoms with van der Waals surface area (Å²) in [5, 5.41) is 5.58. The molecule has 1 aliphatic carbocycles. The van der Waals surface area contributed by atoms with Gasteiger partial charge in [0.2, 0.25) is 0 Å². The van der Waals surface area contributed by atoms with Crippen molar-refractivity contribution < 1.29 is 0 Å². The van der Waals surface area contributed by atoms with Crippen molar-refractivity contribution in [3.8, 4) is 0 Å². The Labute approximate surface area is 104 Å². The second kappa shape index (κ2) is 3.44. The average molecular weight is 236 g/mol. The van der Waals surface area contributed by atoms with E-state index in [2.05, 4.69) is 48.6 Å². The minimum absolute atomic E-state index is 1.19. The lowest BCUT2D eigenvalue weighted by Crippen LogP contribution is -2.20. The van der Waals surface area contributed by atoms with Crippen LogP contribution in [0.4, 0.5) is 0 Å². The molecule has 1 heterocycles. The second-order valence-electron chi connectivity index (χ2n) is 4.56. The Bertz CT molecular complexity index is 837. The van der Waals surface area contributed by atoms with E-state index in [0.29, 0.717) is 0 Å². The quantitative estimate of drug-likeness (QED) is 0.561. The molecule has 1 heteroatoms. The predicted molar refractivity (Wildman–Crippen MR) is 76.7 cm³/mol. The molecule has 0 amide bonds. The Hall–Kier alpha value is -1.60. The highest BCUT2D eigenvalue weighted by molar-refractivity contribution is 7.17. The van der Waals surface area contributed by atoms with Crippen molar-refractivity contribution in [2.45, 2.75) is 12.8 Å². The molecule has 0 saturated heterocycles. The van der Waals surface area contributed by atoms with Crippen LogP contribution in [0.15, 0.2) is 36.4 Å². The number of rotatable bonds is 0. The van der Waals surface area contributed by atoms with E-state index in [1.807, 2.05) is 11.3 Å².